The van der Waals surface area contributed by atoms with Crippen LogP contribution in [-0.4, -0.2) is 0 Å². The minimum absolute atomic E-state index is 0.189. The Labute approximate surface area is 56.0 Å². The summed E-state index contributed by atoms with van der Waals surface area (Å²) in [6.07, 6.45) is 6.33. The van der Waals surface area contributed by atoms with Gasteiger partial charge in [0, 0.05) is 0 Å². The summed E-state index contributed by atoms with van der Waals surface area (Å²) in [7, 11) is 0. The van der Waals surface area contributed by atoms with Crippen LogP contribution in [0.15, 0.2) is 12.2 Å². The van der Waals surface area contributed by atoms with Crippen molar-refractivity contribution in [3.8, 4) is 6.07 Å². The maximum atomic E-state index is 8.51. The van der Waals surface area contributed by atoms with Crippen molar-refractivity contribution in [3.05, 3.63) is 12.2 Å². The van der Waals surface area contributed by atoms with Crippen LogP contribution in [0.4, 0.5) is 0 Å². The number of rotatable bonds is 0. The molecule has 9 heavy (non-hydrogen) atoms. The molecule has 0 fully saturated rings. The fraction of sp³-hybridized carbons (Fsp3) is 0.625. The van der Waals surface area contributed by atoms with Gasteiger partial charge in [0.05, 0.1) is 12.0 Å². The third-order valence-corrected chi connectivity index (χ3v) is 1.73. The molecule has 0 saturated carbocycles. The molecule has 0 amide bonds. The highest BCUT2D eigenvalue weighted by molar-refractivity contribution is 5.04. The van der Waals surface area contributed by atoms with Crippen molar-refractivity contribution in [1.29, 1.82) is 5.26 Å². The van der Waals surface area contributed by atoms with Crippen LogP contribution in [0.3, 0.4) is 0 Å². The minimum atomic E-state index is 0.189. The van der Waals surface area contributed by atoms with Crippen molar-refractivity contribution in [2.75, 3.05) is 0 Å². The molecule has 0 radical (unpaired) electrons. The Hall–Kier alpha value is -0.770. The second kappa shape index (κ2) is 2.68. The van der Waals surface area contributed by atoms with Gasteiger partial charge in [0.15, 0.2) is 0 Å². The lowest BCUT2D eigenvalue weighted by molar-refractivity contribution is 0.479. The largest absolute Gasteiger partial charge is 0.198 e. The van der Waals surface area contributed by atoms with Gasteiger partial charge in [-0.1, -0.05) is 19.1 Å². The highest BCUT2D eigenvalue weighted by atomic mass is 14.3. The van der Waals surface area contributed by atoms with Gasteiger partial charge in [-0.15, -0.1) is 0 Å². The zero-order valence-electron chi connectivity index (χ0n) is 5.67. The molecule has 0 aromatic heterocycles. The molecule has 1 rings (SSSR count). The molecular weight excluding hydrogens is 110 g/mol. The monoisotopic (exact) mass is 121 g/mol. The number of hydrogen-bond acceptors (Lipinski definition) is 1. The maximum Gasteiger partial charge on any atom is 0.0697 e. The molecule has 1 nitrogen and oxygen atoms in total. The average molecular weight is 121 g/mol. The Balaban J connectivity index is 2.52. The second-order valence-electron chi connectivity index (χ2n) is 2.74. The Bertz CT molecular complexity index is 152. The van der Waals surface area contributed by atoms with Gasteiger partial charge >= 0.3 is 0 Å². The van der Waals surface area contributed by atoms with Crippen LogP contribution < -0.4 is 0 Å². The lowest BCUT2D eigenvalue weighted by atomic mass is 9.89. The Morgan fingerprint density at radius 1 is 1.67 bits per heavy atom. The molecule has 0 aromatic carbocycles. The van der Waals surface area contributed by atoms with Crippen LogP contribution in [0.5, 0.6) is 0 Å². The molecule has 0 heterocycles. The zero-order valence-corrected chi connectivity index (χ0v) is 5.67. The molecule has 48 valence electrons. The fourth-order valence-electron chi connectivity index (χ4n) is 1.18. The van der Waals surface area contributed by atoms with E-state index in [2.05, 4.69) is 19.1 Å². The van der Waals surface area contributed by atoms with E-state index in [0.717, 1.165) is 12.8 Å². The quantitative estimate of drug-likeness (QED) is 0.450. The third-order valence-electron chi connectivity index (χ3n) is 1.73. The summed E-state index contributed by atoms with van der Waals surface area (Å²) in [4.78, 5) is 0. The highest BCUT2D eigenvalue weighted by Gasteiger charge is 2.12. The molecule has 0 aromatic rings. The van der Waals surface area contributed by atoms with E-state index in [1.165, 1.54) is 0 Å². The van der Waals surface area contributed by atoms with Crippen molar-refractivity contribution in [1.82, 2.24) is 0 Å². The van der Waals surface area contributed by atoms with Gasteiger partial charge in [-0.3, -0.25) is 0 Å². The van der Waals surface area contributed by atoms with Crippen molar-refractivity contribution in [3.63, 3.8) is 0 Å². The number of nitriles is 1. The first-order chi connectivity index (χ1) is 4.33. The predicted molar refractivity (Wildman–Crippen MR) is 36.6 cm³/mol. The second-order valence-corrected chi connectivity index (χ2v) is 2.74. The number of nitrogens with zero attached hydrogens (tertiary/aromatic N) is 1. The first kappa shape index (κ1) is 6.35. The summed E-state index contributed by atoms with van der Waals surface area (Å²) in [5.41, 5.74) is 0. The van der Waals surface area contributed by atoms with Crippen LogP contribution >= 0.6 is 0 Å². The van der Waals surface area contributed by atoms with E-state index < -0.39 is 0 Å². The molecular formula is C8H11N. The van der Waals surface area contributed by atoms with Gasteiger partial charge in [-0.25, -0.2) is 0 Å². The van der Waals surface area contributed by atoms with Crippen LogP contribution in [0.25, 0.3) is 0 Å². The van der Waals surface area contributed by atoms with Crippen LogP contribution in [0, 0.1) is 23.2 Å². The number of hydrogen-bond donors (Lipinski definition) is 0. The number of allylic oxidation sites excluding steroid dienone is 2. The third kappa shape index (κ3) is 1.57. The van der Waals surface area contributed by atoms with Gasteiger partial charge in [0.2, 0.25) is 0 Å². The van der Waals surface area contributed by atoms with Crippen molar-refractivity contribution < 1.29 is 0 Å². The van der Waals surface area contributed by atoms with Gasteiger partial charge in [-0.05, 0) is 18.8 Å². The van der Waals surface area contributed by atoms with Crippen molar-refractivity contribution in [2.45, 2.75) is 19.8 Å². The van der Waals surface area contributed by atoms with Gasteiger partial charge in [0.1, 0.15) is 0 Å². The molecule has 1 aliphatic rings. The summed E-state index contributed by atoms with van der Waals surface area (Å²) in [6, 6.07) is 2.25. The van der Waals surface area contributed by atoms with Crippen LogP contribution in [0.2, 0.25) is 0 Å². The van der Waals surface area contributed by atoms with E-state index in [1.807, 2.05) is 6.08 Å². The molecule has 1 aliphatic carbocycles. The lowest BCUT2D eigenvalue weighted by Gasteiger charge is -2.15. The molecule has 0 spiro atoms. The maximum absolute atomic E-state index is 8.51. The summed E-state index contributed by atoms with van der Waals surface area (Å²) in [6.45, 7) is 2.19. The van der Waals surface area contributed by atoms with Gasteiger partial charge in [0.25, 0.3) is 0 Å². The van der Waals surface area contributed by atoms with Gasteiger partial charge in [-0.2, -0.15) is 5.26 Å². The molecule has 0 aliphatic heterocycles. The minimum Gasteiger partial charge on any atom is -0.198 e. The SMILES string of the molecule is C[C@@H]1CC=CC(C#N)C1. The van der Waals surface area contributed by atoms with E-state index in [4.69, 9.17) is 5.26 Å². The average Bonchev–Trinajstić information content (AvgIpc) is 1.88. The topological polar surface area (TPSA) is 23.8 Å². The molecule has 0 saturated heterocycles. The van der Waals surface area contributed by atoms with Crippen molar-refractivity contribution >= 4 is 0 Å². The molecule has 0 bridgehead atoms. The van der Waals surface area contributed by atoms with Crippen LogP contribution in [0.1, 0.15) is 19.8 Å². The molecule has 1 heteroatoms. The van der Waals surface area contributed by atoms with E-state index >= 15 is 0 Å². The molecule has 1 unspecified atom stereocenters. The first-order valence-corrected chi connectivity index (χ1v) is 3.39. The van der Waals surface area contributed by atoms with Crippen molar-refractivity contribution in [2.24, 2.45) is 11.8 Å². The van der Waals surface area contributed by atoms with E-state index in [0.29, 0.717) is 5.92 Å². The summed E-state index contributed by atoms with van der Waals surface area (Å²) in [5.74, 6) is 0.897. The molecule has 2 atom stereocenters. The fourth-order valence-corrected chi connectivity index (χ4v) is 1.18. The van der Waals surface area contributed by atoms with Gasteiger partial charge < -0.3 is 0 Å². The smallest absolute Gasteiger partial charge is 0.0697 e. The Morgan fingerprint density at radius 3 is 2.89 bits per heavy atom. The summed E-state index contributed by atoms with van der Waals surface area (Å²) < 4.78 is 0. The first-order valence-electron chi connectivity index (χ1n) is 3.39. The zero-order chi connectivity index (χ0) is 6.69. The predicted octanol–water partition coefficient (Wildman–Crippen LogP) is 2.11. The normalized spacial score (nSPS) is 33.8. The summed E-state index contributed by atoms with van der Waals surface area (Å²) >= 11 is 0. The Morgan fingerprint density at radius 2 is 2.44 bits per heavy atom. The molecule has 0 N–H and O–H groups in total. The summed E-state index contributed by atoms with van der Waals surface area (Å²) in [5, 5.41) is 8.51. The Kier molecular flexibility index (Phi) is 1.89. The van der Waals surface area contributed by atoms with E-state index in [1.54, 1.807) is 0 Å². The van der Waals surface area contributed by atoms with Crippen LogP contribution in [-0.2, 0) is 0 Å². The van der Waals surface area contributed by atoms with E-state index in [9.17, 15) is 0 Å². The lowest BCUT2D eigenvalue weighted by Crippen LogP contribution is -2.05. The highest BCUT2D eigenvalue weighted by Crippen LogP contribution is 2.21. The standard InChI is InChI=1S/C8H11N/c1-7-3-2-4-8(5-7)6-9/h2,4,7-8H,3,5H2,1H3/t7-,8?/m1/s1. The van der Waals surface area contributed by atoms with E-state index in [-0.39, 0.29) is 5.92 Å².